The van der Waals surface area contributed by atoms with E-state index in [-0.39, 0.29) is 0 Å². The lowest BCUT2D eigenvalue weighted by molar-refractivity contribution is -0.0772. The van der Waals surface area contributed by atoms with Gasteiger partial charge in [-0.2, -0.15) is 0 Å². The standard InChI is InChI=1S/C17H28O.C16H24/c1-9(2)10(3)18-15-8-13-7-14(15)17-12-5-4-11(6-12)16(13)17;1-16(2,3)12-11-13-7-9-15(10-8-13)14-5-4-6-14/h9-17H,4-8H2,1-3H3;7-10,14H,4-6,11-12H2,1-3H3. The van der Waals surface area contributed by atoms with Gasteiger partial charge in [0, 0.05) is 0 Å². The van der Waals surface area contributed by atoms with E-state index in [1.165, 1.54) is 50.5 Å². The first-order chi connectivity index (χ1) is 16.2. The zero-order valence-corrected chi connectivity index (χ0v) is 23.1. The van der Waals surface area contributed by atoms with Gasteiger partial charge in [0.2, 0.25) is 0 Å². The molecule has 5 saturated carbocycles. The normalized spacial score (nSPS) is 36.9. The van der Waals surface area contributed by atoms with Gasteiger partial charge in [-0.05, 0) is 129 Å². The molecule has 190 valence electrons. The highest BCUT2D eigenvalue weighted by atomic mass is 16.5. The van der Waals surface area contributed by atoms with Gasteiger partial charge in [0.25, 0.3) is 0 Å². The van der Waals surface area contributed by atoms with Gasteiger partial charge >= 0.3 is 0 Å². The van der Waals surface area contributed by atoms with Crippen molar-refractivity contribution in [2.75, 3.05) is 0 Å². The Morgan fingerprint density at radius 2 is 1.50 bits per heavy atom. The molecule has 1 aromatic rings. The number of hydrogen-bond donors (Lipinski definition) is 0. The third-order valence-electron chi connectivity index (χ3n) is 10.7. The van der Waals surface area contributed by atoms with Crippen molar-refractivity contribution in [3.63, 3.8) is 0 Å². The Bertz CT molecular complexity index is 797. The molecule has 0 heterocycles. The van der Waals surface area contributed by atoms with Crippen LogP contribution in [0.15, 0.2) is 24.3 Å². The minimum absolute atomic E-state index is 0.450. The summed E-state index contributed by atoms with van der Waals surface area (Å²) in [7, 11) is 0. The maximum atomic E-state index is 6.42. The van der Waals surface area contributed by atoms with Gasteiger partial charge in [-0.25, -0.2) is 0 Å². The van der Waals surface area contributed by atoms with E-state index < -0.39 is 0 Å². The van der Waals surface area contributed by atoms with Gasteiger partial charge in [-0.1, -0.05) is 65.3 Å². The highest BCUT2D eigenvalue weighted by molar-refractivity contribution is 5.26. The smallest absolute Gasteiger partial charge is 0.0612 e. The Balaban J connectivity index is 0.000000143. The number of fused-ring (bicyclic) bond motifs is 9. The van der Waals surface area contributed by atoms with Crippen LogP contribution in [0, 0.1) is 46.8 Å². The molecule has 0 N–H and O–H groups in total. The van der Waals surface area contributed by atoms with Gasteiger partial charge in [0.05, 0.1) is 12.2 Å². The van der Waals surface area contributed by atoms with Crippen molar-refractivity contribution in [1.82, 2.24) is 0 Å². The number of aryl methyl sites for hydroxylation is 1. The molecule has 8 atom stereocenters. The Kier molecular flexibility index (Phi) is 7.25. The van der Waals surface area contributed by atoms with Crippen LogP contribution in [0.25, 0.3) is 0 Å². The maximum Gasteiger partial charge on any atom is 0.0612 e. The first kappa shape index (κ1) is 24.9. The molecule has 0 aromatic heterocycles. The number of hydrogen-bond acceptors (Lipinski definition) is 1. The van der Waals surface area contributed by atoms with E-state index >= 15 is 0 Å². The molecule has 5 aliphatic rings. The Morgan fingerprint density at radius 3 is 2.09 bits per heavy atom. The molecule has 4 bridgehead atoms. The van der Waals surface area contributed by atoms with Crippen molar-refractivity contribution >= 4 is 0 Å². The summed E-state index contributed by atoms with van der Waals surface area (Å²) >= 11 is 0. The first-order valence-electron chi connectivity index (χ1n) is 14.9. The predicted molar refractivity (Wildman–Crippen MR) is 144 cm³/mol. The zero-order valence-electron chi connectivity index (χ0n) is 23.1. The van der Waals surface area contributed by atoms with E-state index in [4.69, 9.17) is 4.74 Å². The fourth-order valence-electron chi connectivity index (χ4n) is 8.31. The van der Waals surface area contributed by atoms with Crippen molar-refractivity contribution in [3.05, 3.63) is 35.4 Å². The summed E-state index contributed by atoms with van der Waals surface area (Å²) in [5.74, 6) is 7.94. The predicted octanol–water partition coefficient (Wildman–Crippen LogP) is 9.05. The van der Waals surface area contributed by atoms with E-state index in [9.17, 15) is 0 Å². The Morgan fingerprint density at radius 1 is 0.824 bits per heavy atom. The highest BCUT2D eigenvalue weighted by Gasteiger charge is 2.62. The zero-order chi connectivity index (χ0) is 24.0. The molecule has 0 radical (unpaired) electrons. The summed E-state index contributed by atoms with van der Waals surface area (Å²) in [6.07, 6.45) is 15.4. The second kappa shape index (κ2) is 9.91. The van der Waals surface area contributed by atoms with Crippen LogP contribution >= 0.6 is 0 Å². The SMILES string of the molecule is CC(C)(C)CCc1ccc(C2CCC2)cc1.CC(C)C(C)OC1CC2CC1C1C3CCC(C3)C21. The minimum atomic E-state index is 0.450. The van der Waals surface area contributed by atoms with Gasteiger partial charge in [-0.3, -0.25) is 0 Å². The molecule has 1 aromatic carbocycles. The lowest BCUT2D eigenvalue weighted by Gasteiger charge is -2.39. The van der Waals surface area contributed by atoms with E-state index in [1.807, 2.05) is 0 Å². The molecule has 0 amide bonds. The molecule has 5 fully saturated rings. The lowest BCUT2D eigenvalue weighted by Crippen LogP contribution is -2.38. The number of ether oxygens (including phenoxy) is 1. The van der Waals surface area contributed by atoms with Gasteiger partial charge < -0.3 is 4.74 Å². The largest absolute Gasteiger partial charge is 0.375 e. The molecule has 6 rings (SSSR count). The van der Waals surface area contributed by atoms with Crippen LogP contribution < -0.4 is 0 Å². The molecule has 8 unspecified atom stereocenters. The van der Waals surface area contributed by atoms with Crippen molar-refractivity contribution in [3.8, 4) is 0 Å². The van der Waals surface area contributed by atoms with Gasteiger partial charge in [0.1, 0.15) is 0 Å². The van der Waals surface area contributed by atoms with E-state index in [0.29, 0.717) is 23.5 Å². The van der Waals surface area contributed by atoms with Crippen LogP contribution in [0.3, 0.4) is 0 Å². The second-order valence-corrected chi connectivity index (χ2v) is 14.4. The van der Waals surface area contributed by atoms with Crippen molar-refractivity contribution in [2.45, 2.75) is 124 Å². The average molecular weight is 465 g/mol. The Hall–Kier alpha value is -0.820. The fourth-order valence-corrected chi connectivity index (χ4v) is 8.31. The van der Waals surface area contributed by atoms with Crippen molar-refractivity contribution < 1.29 is 4.74 Å². The van der Waals surface area contributed by atoms with E-state index in [1.54, 1.807) is 24.8 Å². The average Bonchev–Trinajstić information content (AvgIpc) is 3.52. The third kappa shape index (κ3) is 5.16. The fraction of sp³-hybridized carbons (Fsp3) is 0.818. The quantitative estimate of drug-likeness (QED) is 0.381. The van der Waals surface area contributed by atoms with Gasteiger partial charge in [0.15, 0.2) is 0 Å². The van der Waals surface area contributed by atoms with E-state index in [0.717, 1.165) is 41.4 Å². The molecule has 5 aliphatic carbocycles. The number of rotatable bonds is 6. The summed E-state index contributed by atoms with van der Waals surface area (Å²) < 4.78 is 6.42. The van der Waals surface area contributed by atoms with Crippen molar-refractivity contribution in [2.24, 2.45) is 46.8 Å². The summed E-state index contributed by atoms with van der Waals surface area (Å²) in [4.78, 5) is 0. The molecule has 0 saturated heterocycles. The molecular formula is C33H52O. The second-order valence-electron chi connectivity index (χ2n) is 14.4. The topological polar surface area (TPSA) is 9.23 Å². The maximum absolute atomic E-state index is 6.42. The molecule has 1 heteroatoms. The Labute approximate surface area is 210 Å². The van der Waals surface area contributed by atoms with Crippen molar-refractivity contribution in [1.29, 1.82) is 0 Å². The molecule has 34 heavy (non-hydrogen) atoms. The number of benzene rings is 1. The van der Waals surface area contributed by atoms with Crippen LogP contribution in [-0.4, -0.2) is 12.2 Å². The third-order valence-corrected chi connectivity index (χ3v) is 10.7. The monoisotopic (exact) mass is 464 g/mol. The van der Waals surface area contributed by atoms with Crippen LogP contribution in [0.4, 0.5) is 0 Å². The minimum Gasteiger partial charge on any atom is -0.375 e. The van der Waals surface area contributed by atoms with E-state index in [2.05, 4.69) is 65.8 Å². The molecule has 1 nitrogen and oxygen atoms in total. The van der Waals surface area contributed by atoms with Crippen LogP contribution in [0.2, 0.25) is 0 Å². The summed E-state index contributed by atoms with van der Waals surface area (Å²) in [6, 6.07) is 9.36. The van der Waals surface area contributed by atoms with Gasteiger partial charge in [-0.15, -0.1) is 0 Å². The summed E-state index contributed by atoms with van der Waals surface area (Å²) in [6.45, 7) is 13.8. The molecular weight excluding hydrogens is 412 g/mol. The molecule has 0 aliphatic heterocycles. The van der Waals surface area contributed by atoms with Crippen LogP contribution in [0.5, 0.6) is 0 Å². The molecule has 0 spiro atoms. The van der Waals surface area contributed by atoms with Crippen LogP contribution in [0.1, 0.15) is 116 Å². The highest BCUT2D eigenvalue weighted by Crippen LogP contribution is 2.67. The van der Waals surface area contributed by atoms with Crippen LogP contribution in [-0.2, 0) is 11.2 Å². The summed E-state index contributed by atoms with van der Waals surface area (Å²) in [5, 5.41) is 0. The lowest BCUT2D eigenvalue weighted by atomic mass is 9.70. The summed E-state index contributed by atoms with van der Waals surface area (Å²) in [5.41, 5.74) is 3.51. The first-order valence-corrected chi connectivity index (χ1v) is 14.9.